The topological polar surface area (TPSA) is 67.9 Å². The summed E-state index contributed by atoms with van der Waals surface area (Å²) in [7, 11) is 0. The Morgan fingerprint density at radius 1 is 1.21 bits per heavy atom. The van der Waals surface area contributed by atoms with Crippen LogP contribution < -0.4 is 5.32 Å². The Balaban J connectivity index is 1.85. The van der Waals surface area contributed by atoms with Crippen LogP contribution in [0, 0.1) is 5.92 Å². The van der Waals surface area contributed by atoms with Gasteiger partial charge in [0.05, 0.1) is 31.2 Å². The molecule has 0 saturated carbocycles. The number of hydrogen-bond acceptors (Lipinski definition) is 4. The van der Waals surface area contributed by atoms with Crippen molar-refractivity contribution >= 4 is 5.69 Å². The van der Waals surface area contributed by atoms with Crippen LogP contribution in [0.1, 0.15) is 19.4 Å². The molecule has 0 aliphatic heterocycles. The second-order valence-electron chi connectivity index (χ2n) is 5.03. The number of nitrogens with zero attached hydrogens (tertiary/aromatic N) is 4. The van der Waals surface area contributed by atoms with Gasteiger partial charge >= 0.3 is 0 Å². The Morgan fingerprint density at radius 2 is 2.00 bits per heavy atom. The summed E-state index contributed by atoms with van der Waals surface area (Å²) in [4.78, 5) is 0. The number of aromatic nitrogens is 4. The fourth-order valence-corrected chi connectivity index (χ4v) is 1.86. The fourth-order valence-electron chi connectivity index (χ4n) is 1.86. The van der Waals surface area contributed by atoms with Crippen LogP contribution in [0.2, 0.25) is 0 Å². The minimum Gasteiger partial charge on any atom is -0.394 e. The summed E-state index contributed by atoms with van der Waals surface area (Å²) in [5.41, 5.74) is 2.10. The quantitative estimate of drug-likeness (QED) is 0.791. The van der Waals surface area contributed by atoms with Crippen molar-refractivity contribution in [2.75, 3.05) is 11.9 Å². The second kappa shape index (κ2) is 6.38. The Labute approximate surface area is 113 Å². The molecule has 2 aromatic heterocycles. The maximum absolute atomic E-state index is 8.82. The van der Waals surface area contributed by atoms with E-state index in [0.717, 1.165) is 24.3 Å². The van der Waals surface area contributed by atoms with E-state index in [1.165, 1.54) is 0 Å². The lowest BCUT2D eigenvalue weighted by Crippen LogP contribution is -2.04. The fraction of sp³-hybridized carbons (Fsp3) is 0.538. The molecule has 0 radical (unpaired) electrons. The van der Waals surface area contributed by atoms with E-state index in [2.05, 4.69) is 35.6 Å². The summed E-state index contributed by atoms with van der Waals surface area (Å²) in [5, 5.41) is 20.6. The van der Waals surface area contributed by atoms with Crippen LogP contribution >= 0.6 is 0 Å². The molecule has 19 heavy (non-hydrogen) atoms. The highest BCUT2D eigenvalue weighted by molar-refractivity contribution is 5.38. The smallest absolute Gasteiger partial charge is 0.0729 e. The normalized spacial score (nSPS) is 11.2. The molecule has 2 heterocycles. The number of nitrogens with one attached hydrogen (secondary N) is 1. The average Bonchev–Trinajstić information content (AvgIpc) is 2.96. The zero-order chi connectivity index (χ0) is 13.7. The van der Waals surface area contributed by atoms with E-state index < -0.39 is 0 Å². The summed E-state index contributed by atoms with van der Waals surface area (Å²) in [6.07, 6.45) is 7.58. The molecule has 2 rings (SSSR count). The van der Waals surface area contributed by atoms with Crippen LogP contribution in [0.4, 0.5) is 5.69 Å². The van der Waals surface area contributed by atoms with Gasteiger partial charge in [-0.15, -0.1) is 0 Å². The summed E-state index contributed by atoms with van der Waals surface area (Å²) in [6, 6.07) is 0. The minimum absolute atomic E-state index is 0.100. The Hall–Kier alpha value is -1.82. The predicted molar refractivity (Wildman–Crippen MR) is 73.7 cm³/mol. The van der Waals surface area contributed by atoms with Gasteiger partial charge in [0.15, 0.2) is 0 Å². The predicted octanol–water partition coefficient (Wildman–Crippen LogP) is 1.34. The molecule has 0 saturated heterocycles. The molecule has 104 valence electrons. The van der Waals surface area contributed by atoms with Gasteiger partial charge in [0, 0.05) is 31.0 Å². The van der Waals surface area contributed by atoms with Crippen molar-refractivity contribution in [1.82, 2.24) is 19.6 Å². The van der Waals surface area contributed by atoms with Crippen LogP contribution in [-0.4, -0.2) is 31.3 Å². The summed E-state index contributed by atoms with van der Waals surface area (Å²) in [5.74, 6) is 0.595. The van der Waals surface area contributed by atoms with Crippen molar-refractivity contribution < 1.29 is 5.11 Å². The van der Waals surface area contributed by atoms with Crippen molar-refractivity contribution in [3.63, 3.8) is 0 Å². The van der Waals surface area contributed by atoms with Crippen molar-refractivity contribution in [3.05, 3.63) is 30.4 Å². The Morgan fingerprint density at radius 3 is 2.74 bits per heavy atom. The van der Waals surface area contributed by atoms with Gasteiger partial charge in [0.1, 0.15) is 0 Å². The summed E-state index contributed by atoms with van der Waals surface area (Å²) in [6.45, 7) is 6.64. The molecule has 0 fully saturated rings. The van der Waals surface area contributed by atoms with Crippen molar-refractivity contribution in [2.24, 2.45) is 5.92 Å². The summed E-state index contributed by atoms with van der Waals surface area (Å²) < 4.78 is 3.68. The molecule has 6 heteroatoms. The largest absolute Gasteiger partial charge is 0.394 e. The van der Waals surface area contributed by atoms with Gasteiger partial charge in [-0.25, -0.2) is 0 Å². The third-order valence-corrected chi connectivity index (χ3v) is 2.70. The maximum Gasteiger partial charge on any atom is 0.0729 e. The molecule has 0 aliphatic rings. The first-order valence-corrected chi connectivity index (χ1v) is 6.56. The SMILES string of the molecule is CC(C)Cn1cc(CNc2cnn(CCO)c2)cn1. The number of aliphatic hydroxyl groups is 1. The molecule has 0 unspecified atom stereocenters. The van der Waals surface area contributed by atoms with E-state index >= 15 is 0 Å². The lowest BCUT2D eigenvalue weighted by molar-refractivity contribution is 0.269. The van der Waals surface area contributed by atoms with Gasteiger partial charge in [-0.3, -0.25) is 9.36 Å². The molecule has 0 aliphatic carbocycles. The molecule has 6 nitrogen and oxygen atoms in total. The first-order chi connectivity index (χ1) is 9.17. The Bertz CT molecular complexity index is 503. The lowest BCUT2D eigenvalue weighted by Gasteiger charge is -2.03. The Kier molecular flexibility index (Phi) is 4.57. The molecular formula is C13H21N5O. The molecule has 0 spiro atoms. The lowest BCUT2D eigenvalue weighted by atomic mass is 10.2. The molecule has 0 aromatic carbocycles. The van der Waals surface area contributed by atoms with E-state index in [0.29, 0.717) is 12.5 Å². The molecule has 0 atom stereocenters. The van der Waals surface area contributed by atoms with Gasteiger partial charge in [0.2, 0.25) is 0 Å². The molecule has 2 N–H and O–H groups in total. The first-order valence-electron chi connectivity index (χ1n) is 6.56. The summed E-state index contributed by atoms with van der Waals surface area (Å²) >= 11 is 0. The average molecular weight is 263 g/mol. The van der Waals surface area contributed by atoms with E-state index in [4.69, 9.17) is 5.11 Å². The zero-order valence-corrected chi connectivity index (χ0v) is 11.5. The number of hydrogen-bond donors (Lipinski definition) is 2. The van der Waals surface area contributed by atoms with Gasteiger partial charge < -0.3 is 10.4 Å². The third kappa shape index (κ3) is 4.10. The minimum atomic E-state index is 0.100. The standard InChI is InChI=1S/C13H21N5O/c1-11(2)8-18-9-12(6-15-18)5-14-13-7-16-17(10-13)3-4-19/h6-7,9-11,14,19H,3-5,8H2,1-2H3. The third-order valence-electron chi connectivity index (χ3n) is 2.70. The molecule has 0 amide bonds. The van der Waals surface area contributed by atoms with E-state index in [-0.39, 0.29) is 6.61 Å². The molecule has 2 aromatic rings. The second-order valence-corrected chi connectivity index (χ2v) is 5.03. The van der Waals surface area contributed by atoms with Crippen LogP contribution in [0.15, 0.2) is 24.8 Å². The van der Waals surface area contributed by atoms with Gasteiger partial charge in [-0.05, 0) is 5.92 Å². The zero-order valence-electron chi connectivity index (χ0n) is 11.5. The number of anilines is 1. The van der Waals surface area contributed by atoms with Crippen LogP contribution in [0.25, 0.3) is 0 Å². The number of aliphatic hydroxyl groups excluding tert-OH is 1. The first kappa shape index (κ1) is 13.6. The number of rotatable bonds is 7. The van der Waals surface area contributed by atoms with E-state index in [1.807, 2.05) is 17.1 Å². The monoisotopic (exact) mass is 263 g/mol. The van der Waals surface area contributed by atoms with Crippen LogP contribution in [0.5, 0.6) is 0 Å². The van der Waals surface area contributed by atoms with Crippen LogP contribution in [0.3, 0.4) is 0 Å². The van der Waals surface area contributed by atoms with E-state index in [1.54, 1.807) is 10.9 Å². The molecular weight excluding hydrogens is 242 g/mol. The van der Waals surface area contributed by atoms with Gasteiger partial charge in [0.25, 0.3) is 0 Å². The van der Waals surface area contributed by atoms with Crippen molar-refractivity contribution in [2.45, 2.75) is 33.5 Å². The van der Waals surface area contributed by atoms with Gasteiger partial charge in [-0.1, -0.05) is 13.8 Å². The highest BCUT2D eigenvalue weighted by Gasteiger charge is 2.02. The van der Waals surface area contributed by atoms with E-state index in [9.17, 15) is 0 Å². The van der Waals surface area contributed by atoms with Crippen molar-refractivity contribution in [3.8, 4) is 0 Å². The molecule has 0 bridgehead atoms. The highest BCUT2D eigenvalue weighted by atomic mass is 16.3. The van der Waals surface area contributed by atoms with Crippen molar-refractivity contribution in [1.29, 1.82) is 0 Å². The van der Waals surface area contributed by atoms with Gasteiger partial charge in [-0.2, -0.15) is 10.2 Å². The highest BCUT2D eigenvalue weighted by Crippen LogP contribution is 2.08. The maximum atomic E-state index is 8.82. The van der Waals surface area contributed by atoms with Crippen LogP contribution in [-0.2, 0) is 19.6 Å².